The van der Waals surface area contributed by atoms with Gasteiger partial charge in [-0.15, -0.1) is 10.2 Å². The van der Waals surface area contributed by atoms with Crippen molar-refractivity contribution in [3.63, 3.8) is 0 Å². The summed E-state index contributed by atoms with van der Waals surface area (Å²) in [4.78, 5) is 21.5. The third-order valence-corrected chi connectivity index (χ3v) is 5.68. The predicted molar refractivity (Wildman–Crippen MR) is 129 cm³/mol. The molecule has 1 fully saturated rings. The Kier molecular flexibility index (Phi) is 6.20. The molecule has 1 aromatic carbocycles. The second kappa shape index (κ2) is 9.07. The van der Waals surface area contributed by atoms with E-state index in [2.05, 4.69) is 30.1 Å². The van der Waals surface area contributed by atoms with E-state index in [1.165, 1.54) is 0 Å². The summed E-state index contributed by atoms with van der Waals surface area (Å²) in [6.45, 7) is 7.05. The van der Waals surface area contributed by atoms with Crippen LogP contribution in [0.15, 0.2) is 60.1 Å². The molecule has 3 aromatic rings. The lowest BCUT2D eigenvalue weighted by Gasteiger charge is -2.15. The summed E-state index contributed by atoms with van der Waals surface area (Å²) in [7, 11) is 0. The van der Waals surface area contributed by atoms with Gasteiger partial charge >= 0.3 is 0 Å². The van der Waals surface area contributed by atoms with Gasteiger partial charge in [0.25, 0.3) is 5.91 Å². The van der Waals surface area contributed by atoms with Gasteiger partial charge in [-0.3, -0.25) is 14.8 Å². The molecule has 0 radical (unpaired) electrons. The molecule has 0 saturated heterocycles. The fourth-order valence-electron chi connectivity index (χ4n) is 3.23. The summed E-state index contributed by atoms with van der Waals surface area (Å²) < 4.78 is 2.09. The number of benzene rings is 1. The lowest BCUT2D eigenvalue weighted by atomic mass is 10.0. The largest absolute Gasteiger partial charge is 0.385 e. The van der Waals surface area contributed by atoms with Crippen LogP contribution in [-0.4, -0.2) is 42.1 Å². The normalized spacial score (nSPS) is 14.9. The third-order valence-electron chi connectivity index (χ3n) is 5.68. The monoisotopic (exact) mass is 444 g/mol. The van der Waals surface area contributed by atoms with E-state index in [-0.39, 0.29) is 5.91 Å². The van der Waals surface area contributed by atoms with Crippen LogP contribution >= 0.6 is 0 Å². The molecule has 1 aliphatic carbocycles. The molecule has 8 nitrogen and oxygen atoms in total. The van der Waals surface area contributed by atoms with Crippen LogP contribution in [-0.2, 0) is 0 Å². The number of nitrogens with zero attached hydrogens (tertiary/aromatic N) is 5. The van der Waals surface area contributed by atoms with Crippen LogP contribution in [0.4, 0.5) is 5.69 Å². The Balaban J connectivity index is 1.51. The molecule has 33 heavy (non-hydrogen) atoms. The van der Waals surface area contributed by atoms with E-state index in [0.29, 0.717) is 23.1 Å². The highest BCUT2D eigenvalue weighted by molar-refractivity contribution is 6.03. The summed E-state index contributed by atoms with van der Waals surface area (Å²) >= 11 is 0. The first-order chi connectivity index (χ1) is 15.7. The van der Waals surface area contributed by atoms with Crippen molar-refractivity contribution in [1.82, 2.24) is 19.7 Å². The standard InChI is InChI=1S/C25H28N6O2/c1-16(14-27-17(2)25(3,4)33)18-10-11-26-22(13-18)24(32)29-20-7-5-6-19(12-20)23-30-28-15-31(23)21-8-9-21/h5-7,10-15,21,33H,8-9H2,1-4H3,(H,29,32)/b16-14+,27-17+. The predicted octanol–water partition coefficient (Wildman–Crippen LogP) is 4.52. The van der Waals surface area contributed by atoms with E-state index < -0.39 is 5.60 Å². The van der Waals surface area contributed by atoms with Crippen molar-refractivity contribution < 1.29 is 9.90 Å². The maximum absolute atomic E-state index is 12.9. The van der Waals surface area contributed by atoms with Gasteiger partial charge in [0.1, 0.15) is 12.0 Å². The molecule has 170 valence electrons. The number of carbonyl (C=O) groups excluding carboxylic acids is 1. The number of amides is 1. The average Bonchev–Trinajstić information content (AvgIpc) is 3.52. The molecule has 0 bridgehead atoms. The average molecular weight is 445 g/mol. The minimum Gasteiger partial charge on any atom is -0.385 e. The number of nitrogens with one attached hydrogen (secondary N) is 1. The van der Waals surface area contributed by atoms with Gasteiger partial charge in [-0.25, -0.2) is 0 Å². The molecule has 1 amide bonds. The van der Waals surface area contributed by atoms with E-state index in [1.807, 2.05) is 37.3 Å². The Labute approximate surface area is 193 Å². The molecule has 1 aliphatic rings. The Bertz CT molecular complexity index is 1230. The van der Waals surface area contributed by atoms with Crippen molar-refractivity contribution >= 4 is 22.9 Å². The van der Waals surface area contributed by atoms with E-state index >= 15 is 0 Å². The molecule has 0 spiro atoms. The molecule has 1 saturated carbocycles. The van der Waals surface area contributed by atoms with Crippen molar-refractivity contribution in [1.29, 1.82) is 0 Å². The molecule has 8 heteroatoms. The Hall–Kier alpha value is -3.65. The zero-order chi connectivity index (χ0) is 23.6. The summed E-state index contributed by atoms with van der Waals surface area (Å²) in [6.07, 6.45) is 7.32. The summed E-state index contributed by atoms with van der Waals surface area (Å²) in [5, 5.41) is 21.3. The number of pyridine rings is 1. The van der Waals surface area contributed by atoms with Crippen molar-refractivity contribution in [3.8, 4) is 11.4 Å². The zero-order valence-electron chi connectivity index (χ0n) is 19.3. The molecule has 2 heterocycles. The second-order valence-corrected chi connectivity index (χ2v) is 8.84. The number of anilines is 1. The topological polar surface area (TPSA) is 105 Å². The molecular formula is C25H28N6O2. The number of rotatable bonds is 7. The first-order valence-corrected chi connectivity index (χ1v) is 10.9. The molecule has 2 N–H and O–H groups in total. The number of aromatic nitrogens is 4. The number of aliphatic hydroxyl groups is 1. The minimum atomic E-state index is -0.986. The molecule has 4 rings (SSSR count). The highest BCUT2D eigenvalue weighted by Gasteiger charge is 2.26. The Morgan fingerprint density at radius 2 is 2.03 bits per heavy atom. The molecular weight excluding hydrogens is 416 g/mol. The summed E-state index contributed by atoms with van der Waals surface area (Å²) in [5.41, 5.74) is 3.16. The van der Waals surface area contributed by atoms with Gasteiger partial charge in [-0.1, -0.05) is 12.1 Å². The molecule has 2 aromatic heterocycles. The second-order valence-electron chi connectivity index (χ2n) is 8.84. The lowest BCUT2D eigenvalue weighted by molar-refractivity contribution is 0.102. The van der Waals surface area contributed by atoms with Crippen LogP contribution in [0.1, 0.15) is 62.6 Å². The van der Waals surface area contributed by atoms with Crippen LogP contribution < -0.4 is 5.32 Å². The van der Waals surface area contributed by atoms with Crippen molar-refractivity contribution in [2.24, 2.45) is 4.99 Å². The maximum atomic E-state index is 12.9. The van der Waals surface area contributed by atoms with Crippen molar-refractivity contribution in [2.75, 3.05) is 5.32 Å². The zero-order valence-corrected chi connectivity index (χ0v) is 19.3. The van der Waals surface area contributed by atoms with E-state index in [4.69, 9.17) is 0 Å². The molecule has 0 unspecified atom stereocenters. The Morgan fingerprint density at radius 3 is 2.76 bits per heavy atom. The third kappa shape index (κ3) is 5.40. The van der Waals surface area contributed by atoms with E-state index in [1.54, 1.807) is 45.6 Å². The minimum absolute atomic E-state index is 0.301. The first-order valence-electron chi connectivity index (χ1n) is 10.9. The van der Waals surface area contributed by atoms with Gasteiger partial charge in [-0.05, 0) is 75.9 Å². The number of hydrogen-bond acceptors (Lipinski definition) is 6. The van der Waals surface area contributed by atoms with Gasteiger partial charge < -0.3 is 15.0 Å². The quantitative estimate of drug-likeness (QED) is 0.521. The van der Waals surface area contributed by atoms with Crippen LogP contribution in [0.5, 0.6) is 0 Å². The van der Waals surface area contributed by atoms with Gasteiger partial charge in [0.2, 0.25) is 0 Å². The van der Waals surface area contributed by atoms with Gasteiger partial charge in [0, 0.05) is 35.4 Å². The van der Waals surface area contributed by atoms with Gasteiger partial charge in [-0.2, -0.15) is 0 Å². The molecule has 0 aliphatic heterocycles. The number of allylic oxidation sites excluding steroid dienone is 1. The van der Waals surface area contributed by atoms with E-state index in [0.717, 1.165) is 35.4 Å². The highest BCUT2D eigenvalue weighted by atomic mass is 16.3. The van der Waals surface area contributed by atoms with Crippen LogP contribution in [0.3, 0.4) is 0 Å². The fourth-order valence-corrected chi connectivity index (χ4v) is 3.23. The SMILES string of the molecule is C/C(=C\N=C(/C)C(C)(C)O)c1ccnc(C(=O)Nc2cccc(-c3nncn3C3CC3)c2)c1. The van der Waals surface area contributed by atoms with E-state index in [9.17, 15) is 9.90 Å². The Morgan fingerprint density at radius 1 is 1.24 bits per heavy atom. The highest BCUT2D eigenvalue weighted by Crippen LogP contribution is 2.37. The maximum Gasteiger partial charge on any atom is 0.274 e. The van der Waals surface area contributed by atoms with Crippen LogP contribution in [0, 0.1) is 0 Å². The summed E-state index contributed by atoms with van der Waals surface area (Å²) in [6, 6.07) is 11.6. The van der Waals surface area contributed by atoms with Crippen LogP contribution in [0.2, 0.25) is 0 Å². The first kappa shape index (κ1) is 22.5. The van der Waals surface area contributed by atoms with Crippen molar-refractivity contribution in [3.05, 3.63) is 66.4 Å². The lowest BCUT2D eigenvalue weighted by Crippen LogP contribution is -2.28. The van der Waals surface area contributed by atoms with Crippen LogP contribution in [0.25, 0.3) is 17.0 Å². The fraction of sp³-hybridized carbons (Fsp3) is 0.320. The number of carbonyl (C=O) groups is 1. The number of hydrogen-bond donors (Lipinski definition) is 2. The van der Waals surface area contributed by atoms with Crippen molar-refractivity contribution in [2.45, 2.75) is 52.2 Å². The van der Waals surface area contributed by atoms with Gasteiger partial charge in [0.15, 0.2) is 5.82 Å². The smallest absolute Gasteiger partial charge is 0.274 e. The summed E-state index contributed by atoms with van der Waals surface area (Å²) in [5.74, 6) is 0.498. The number of aliphatic imine (C=N–C) groups is 1. The van der Waals surface area contributed by atoms with Gasteiger partial charge in [0.05, 0.1) is 5.60 Å². The molecule has 0 atom stereocenters.